The molecule has 0 bridgehead atoms. The number of sulfone groups is 1. The van der Waals surface area contributed by atoms with Crippen molar-refractivity contribution in [3.63, 3.8) is 0 Å². The van der Waals surface area contributed by atoms with E-state index in [1.54, 1.807) is 0 Å². The van der Waals surface area contributed by atoms with Crippen LogP contribution in [0.5, 0.6) is 0 Å². The maximum atomic E-state index is 11.7. The standard InChI is InChI=1S/C10H18N4O3S2/c1-14(2)5-4-13-10-8(19(3,16)17)6(11)7(18-10)9(12)15/h13H,4-5,11H2,1-3H3,(H2,12,15). The number of carbonyl (C=O) groups is 1. The molecule has 108 valence electrons. The van der Waals surface area contributed by atoms with Gasteiger partial charge in [-0.3, -0.25) is 4.79 Å². The fourth-order valence-corrected chi connectivity index (χ4v) is 3.94. The van der Waals surface area contributed by atoms with Crippen molar-refractivity contribution in [3.8, 4) is 0 Å². The van der Waals surface area contributed by atoms with E-state index in [1.807, 2.05) is 19.0 Å². The summed E-state index contributed by atoms with van der Waals surface area (Å²) in [5, 5.41) is 3.33. The van der Waals surface area contributed by atoms with Crippen LogP contribution in [0, 0.1) is 0 Å². The van der Waals surface area contributed by atoms with Crippen LogP contribution in [-0.2, 0) is 9.84 Å². The Bertz CT molecular complexity index is 578. The fourth-order valence-electron chi connectivity index (χ4n) is 1.49. The molecule has 1 rings (SSSR count). The van der Waals surface area contributed by atoms with Gasteiger partial charge in [0.2, 0.25) is 0 Å². The maximum absolute atomic E-state index is 11.7. The zero-order valence-electron chi connectivity index (χ0n) is 11.1. The molecule has 0 spiro atoms. The predicted molar refractivity (Wildman–Crippen MR) is 77.4 cm³/mol. The van der Waals surface area contributed by atoms with Gasteiger partial charge < -0.3 is 21.7 Å². The molecule has 9 heteroatoms. The van der Waals surface area contributed by atoms with E-state index >= 15 is 0 Å². The Morgan fingerprint density at radius 2 is 2.00 bits per heavy atom. The third kappa shape index (κ3) is 3.82. The molecular weight excluding hydrogens is 288 g/mol. The molecule has 0 unspecified atom stereocenters. The molecule has 0 saturated heterocycles. The lowest BCUT2D eigenvalue weighted by Crippen LogP contribution is -2.21. The van der Waals surface area contributed by atoms with Gasteiger partial charge in [-0.05, 0) is 14.1 Å². The molecule has 19 heavy (non-hydrogen) atoms. The average Bonchev–Trinajstić information content (AvgIpc) is 2.54. The SMILES string of the molecule is CN(C)CCNc1sc(C(N)=O)c(N)c1S(C)(=O)=O. The highest BCUT2D eigenvalue weighted by atomic mass is 32.2. The van der Waals surface area contributed by atoms with E-state index in [0.29, 0.717) is 18.1 Å². The minimum atomic E-state index is -3.53. The van der Waals surface area contributed by atoms with Gasteiger partial charge in [0, 0.05) is 19.3 Å². The molecule has 0 fully saturated rings. The third-order valence-corrected chi connectivity index (χ3v) is 4.81. The minimum absolute atomic E-state index is 0.0509. The second-order valence-corrected chi connectivity index (χ2v) is 7.34. The number of nitrogen functional groups attached to an aromatic ring is 1. The molecule has 0 aliphatic rings. The van der Waals surface area contributed by atoms with Gasteiger partial charge in [-0.25, -0.2) is 8.42 Å². The number of rotatable bonds is 6. The summed E-state index contributed by atoms with van der Waals surface area (Å²) < 4.78 is 23.5. The summed E-state index contributed by atoms with van der Waals surface area (Å²) in [7, 11) is 0.273. The van der Waals surface area contributed by atoms with Crippen LogP contribution in [0.4, 0.5) is 10.7 Å². The van der Waals surface area contributed by atoms with Gasteiger partial charge in [-0.1, -0.05) is 0 Å². The number of thiophene rings is 1. The smallest absolute Gasteiger partial charge is 0.261 e. The topological polar surface area (TPSA) is 119 Å². The Kier molecular flexibility index (Phi) is 4.77. The van der Waals surface area contributed by atoms with Crippen LogP contribution in [0.2, 0.25) is 0 Å². The number of likely N-dealkylation sites (N-methyl/N-ethyl adjacent to an activating group) is 1. The van der Waals surface area contributed by atoms with Gasteiger partial charge in [-0.2, -0.15) is 0 Å². The molecule has 0 atom stereocenters. The van der Waals surface area contributed by atoms with Crippen molar-refractivity contribution in [1.82, 2.24) is 4.90 Å². The summed E-state index contributed by atoms with van der Waals surface area (Å²) in [5.74, 6) is -0.729. The molecular formula is C10H18N4O3S2. The Hall–Kier alpha value is -1.32. The summed E-state index contributed by atoms with van der Waals surface area (Å²) in [5.41, 5.74) is 10.8. The highest BCUT2D eigenvalue weighted by Gasteiger charge is 2.25. The van der Waals surface area contributed by atoms with Crippen LogP contribution < -0.4 is 16.8 Å². The minimum Gasteiger partial charge on any atom is -0.396 e. The zero-order chi connectivity index (χ0) is 14.8. The molecule has 0 aliphatic carbocycles. The lowest BCUT2D eigenvalue weighted by molar-refractivity contribution is 0.100. The van der Waals surface area contributed by atoms with Gasteiger partial charge in [0.25, 0.3) is 5.91 Å². The summed E-state index contributed by atoms with van der Waals surface area (Å²) >= 11 is 0.964. The molecule has 0 aromatic carbocycles. The monoisotopic (exact) mass is 306 g/mol. The van der Waals surface area contributed by atoms with E-state index < -0.39 is 15.7 Å². The van der Waals surface area contributed by atoms with E-state index in [0.717, 1.165) is 17.6 Å². The molecule has 1 heterocycles. The first-order valence-corrected chi connectivity index (χ1v) is 8.16. The molecule has 1 aromatic heterocycles. The van der Waals surface area contributed by atoms with Crippen molar-refractivity contribution in [2.75, 3.05) is 44.5 Å². The molecule has 7 nitrogen and oxygen atoms in total. The highest BCUT2D eigenvalue weighted by molar-refractivity contribution is 7.91. The number of nitrogens with one attached hydrogen (secondary N) is 1. The maximum Gasteiger partial charge on any atom is 0.261 e. The van der Waals surface area contributed by atoms with Crippen molar-refractivity contribution in [2.45, 2.75) is 4.90 Å². The van der Waals surface area contributed by atoms with E-state index in [1.165, 1.54) is 0 Å². The van der Waals surface area contributed by atoms with Gasteiger partial charge in [0.05, 0.1) is 5.69 Å². The first kappa shape index (κ1) is 15.7. The van der Waals surface area contributed by atoms with Crippen LogP contribution in [0.15, 0.2) is 4.90 Å². The summed E-state index contributed by atoms with van der Waals surface area (Å²) in [6.45, 7) is 1.25. The lowest BCUT2D eigenvalue weighted by Gasteiger charge is -2.11. The second kappa shape index (κ2) is 5.76. The normalized spacial score (nSPS) is 11.8. The zero-order valence-corrected chi connectivity index (χ0v) is 12.7. The van der Waals surface area contributed by atoms with E-state index in [4.69, 9.17) is 11.5 Å². The number of nitrogens with two attached hydrogens (primary N) is 2. The summed E-state index contributed by atoms with van der Waals surface area (Å²) in [6.07, 6.45) is 1.05. The Labute approximate surface area is 116 Å². The molecule has 0 radical (unpaired) electrons. The van der Waals surface area contributed by atoms with Crippen molar-refractivity contribution < 1.29 is 13.2 Å². The van der Waals surface area contributed by atoms with Gasteiger partial charge in [0.1, 0.15) is 14.8 Å². The quantitative estimate of drug-likeness (QED) is 0.670. The van der Waals surface area contributed by atoms with Crippen molar-refractivity contribution in [3.05, 3.63) is 4.88 Å². The van der Waals surface area contributed by atoms with Crippen molar-refractivity contribution in [1.29, 1.82) is 0 Å². The Balaban J connectivity index is 3.15. The molecule has 0 aliphatic heterocycles. The number of primary amides is 1. The largest absolute Gasteiger partial charge is 0.396 e. The van der Waals surface area contributed by atoms with E-state index in [-0.39, 0.29) is 15.5 Å². The van der Waals surface area contributed by atoms with Crippen LogP contribution in [0.25, 0.3) is 0 Å². The number of amides is 1. The number of hydrogen-bond donors (Lipinski definition) is 3. The fraction of sp³-hybridized carbons (Fsp3) is 0.500. The van der Waals surface area contributed by atoms with Crippen LogP contribution in [0.1, 0.15) is 9.67 Å². The molecule has 1 amide bonds. The lowest BCUT2D eigenvalue weighted by atomic mass is 10.4. The van der Waals surface area contributed by atoms with Crippen molar-refractivity contribution in [2.24, 2.45) is 5.73 Å². The van der Waals surface area contributed by atoms with Crippen molar-refractivity contribution >= 4 is 37.8 Å². The van der Waals surface area contributed by atoms with Gasteiger partial charge in [-0.15, -0.1) is 11.3 Å². The number of carbonyl (C=O) groups excluding carboxylic acids is 1. The molecule has 0 saturated carbocycles. The molecule has 5 N–H and O–H groups in total. The third-order valence-electron chi connectivity index (χ3n) is 2.34. The summed E-state index contributed by atoms with van der Waals surface area (Å²) in [4.78, 5) is 13.2. The van der Waals surface area contributed by atoms with Crippen LogP contribution in [0.3, 0.4) is 0 Å². The van der Waals surface area contributed by atoms with Crippen LogP contribution in [-0.4, -0.2) is 52.7 Å². The van der Waals surface area contributed by atoms with Crippen LogP contribution >= 0.6 is 11.3 Å². The predicted octanol–water partition coefficient (Wildman–Crippen LogP) is -0.194. The number of anilines is 2. The van der Waals surface area contributed by atoms with Gasteiger partial charge in [0.15, 0.2) is 9.84 Å². The number of nitrogens with zero attached hydrogens (tertiary/aromatic N) is 1. The highest BCUT2D eigenvalue weighted by Crippen LogP contribution is 2.38. The average molecular weight is 306 g/mol. The Morgan fingerprint density at radius 3 is 2.42 bits per heavy atom. The van der Waals surface area contributed by atoms with E-state index in [2.05, 4.69) is 5.32 Å². The number of hydrogen-bond acceptors (Lipinski definition) is 7. The second-order valence-electron chi connectivity index (χ2n) is 4.37. The molecule has 1 aromatic rings. The first-order chi connectivity index (χ1) is 8.64. The summed E-state index contributed by atoms with van der Waals surface area (Å²) in [6, 6.07) is 0. The Morgan fingerprint density at radius 1 is 1.42 bits per heavy atom. The van der Waals surface area contributed by atoms with E-state index in [9.17, 15) is 13.2 Å². The van der Waals surface area contributed by atoms with Gasteiger partial charge >= 0.3 is 0 Å². The first-order valence-electron chi connectivity index (χ1n) is 5.45.